The van der Waals surface area contributed by atoms with E-state index in [1.54, 1.807) is 0 Å². The molecular weight excluding hydrogens is 356 g/mol. The number of carboxylic acid groups (broad SMARTS) is 1. The van der Waals surface area contributed by atoms with Crippen LogP contribution < -0.4 is 9.47 Å². The van der Waals surface area contributed by atoms with Gasteiger partial charge in [0.15, 0.2) is 0 Å². The minimum atomic E-state index is -0.250. The Morgan fingerprint density at radius 3 is 2.43 bits per heavy atom. The fourth-order valence-corrected chi connectivity index (χ4v) is 2.59. The van der Waals surface area contributed by atoms with E-state index in [0.717, 1.165) is 41.3 Å². The van der Waals surface area contributed by atoms with Crippen molar-refractivity contribution in [1.82, 2.24) is 9.88 Å². The van der Waals surface area contributed by atoms with Crippen LogP contribution in [0.4, 0.5) is 0 Å². The van der Waals surface area contributed by atoms with E-state index in [2.05, 4.69) is 36.1 Å². The van der Waals surface area contributed by atoms with E-state index >= 15 is 0 Å². The summed E-state index contributed by atoms with van der Waals surface area (Å²) in [6.07, 6.45) is 2.79. The van der Waals surface area contributed by atoms with Crippen LogP contribution in [0.15, 0.2) is 36.5 Å². The lowest BCUT2D eigenvalue weighted by molar-refractivity contribution is -0.122. The van der Waals surface area contributed by atoms with E-state index in [9.17, 15) is 0 Å². The Labute approximate surface area is 168 Å². The van der Waals surface area contributed by atoms with Gasteiger partial charge >= 0.3 is 0 Å². The Morgan fingerprint density at radius 1 is 1.18 bits per heavy atom. The highest BCUT2D eigenvalue weighted by atomic mass is 16.5. The van der Waals surface area contributed by atoms with E-state index in [1.807, 2.05) is 52.1 Å². The van der Waals surface area contributed by atoms with Crippen LogP contribution in [0.1, 0.15) is 32.9 Å². The van der Waals surface area contributed by atoms with Crippen LogP contribution in [0.2, 0.25) is 0 Å². The van der Waals surface area contributed by atoms with Crippen LogP contribution in [-0.4, -0.2) is 54.3 Å². The van der Waals surface area contributed by atoms with E-state index in [0.29, 0.717) is 6.61 Å². The molecule has 0 spiro atoms. The number of benzene rings is 1. The van der Waals surface area contributed by atoms with Crippen molar-refractivity contribution in [2.24, 2.45) is 0 Å². The Kier molecular flexibility index (Phi) is 9.45. The lowest BCUT2D eigenvalue weighted by atomic mass is 10.0. The zero-order valence-electron chi connectivity index (χ0n) is 17.7. The third-order valence-corrected chi connectivity index (χ3v) is 3.68. The van der Waals surface area contributed by atoms with Gasteiger partial charge in [0.05, 0.1) is 6.61 Å². The molecule has 0 saturated carbocycles. The quantitative estimate of drug-likeness (QED) is 0.564. The zero-order valence-corrected chi connectivity index (χ0v) is 17.7. The van der Waals surface area contributed by atoms with Crippen molar-refractivity contribution in [3.63, 3.8) is 0 Å². The lowest BCUT2D eigenvalue weighted by Crippen LogP contribution is -2.23. The summed E-state index contributed by atoms with van der Waals surface area (Å²) in [4.78, 5) is 14.9. The molecule has 0 aliphatic heterocycles. The van der Waals surface area contributed by atoms with Crippen LogP contribution in [0.5, 0.6) is 11.5 Å². The van der Waals surface area contributed by atoms with Crippen molar-refractivity contribution >= 4 is 6.47 Å². The number of nitrogens with zero attached hydrogens (tertiary/aromatic N) is 2. The molecule has 1 aromatic heterocycles. The second-order valence-corrected chi connectivity index (χ2v) is 7.62. The third kappa shape index (κ3) is 8.39. The number of pyridine rings is 1. The third-order valence-electron chi connectivity index (χ3n) is 3.68. The van der Waals surface area contributed by atoms with Gasteiger partial charge in [-0.05, 0) is 66.4 Å². The molecule has 6 nitrogen and oxygen atoms in total. The molecule has 0 saturated heterocycles. The molecule has 2 aromatic rings. The smallest absolute Gasteiger partial charge is 0.290 e. The molecule has 1 N–H and O–H groups in total. The van der Waals surface area contributed by atoms with Gasteiger partial charge in [-0.2, -0.15) is 0 Å². The van der Waals surface area contributed by atoms with Crippen LogP contribution in [0, 0.1) is 6.92 Å². The molecular formula is C22H32N2O4. The molecule has 2 rings (SSSR count). The number of rotatable bonds is 7. The van der Waals surface area contributed by atoms with Crippen molar-refractivity contribution in [3.05, 3.63) is 42.2 Å². The summed E-state index contributed by atoms with van der Waals surface area (Å²) in [6.45, 7) is 9.57. The molecule has 0 aliphatic rings. The molecule has 0 bridgehead atoms. The van der Waals surface area contributed by atoms with Crippen LogP contribution in [0.25, 0.3) is 11.1 Å². The minimum absolute atomic E-state index is 0.242. The standard InChI is InChI=1S/C21H30N2O2.CH2O2/c1-16-18(9-7-12-22-16)19-11-10-17(25-21(2,3)4)15-20(19)24-14-8-13-23(5)6;2-1-3/h7,9-12,15H,8,13-14H2,1-6H3;1H,(H,2,3). The summed E-state index contributed by atoms with van der Waals surface area (Å²) in [7, 11) is 4.14. The first-order valence-corrected chi connectivity index (χ1v) is 9.28. The summed E-state index contributed by atoms with van der Waals surface area (Å²) >= 11 is 0. The Balaban J connectivity index is 0.00000122. The number of aryl methyl sites for hydroxylation is 1. The largest absolute Gasteiger partial charge is 0.493 e. The van der Waals surface area contributed by atoms with Crippen molar-refractivity contribution in [3.8, 4) is 22.6 Å². The van der Waals surface area contributed by atoms with Crippen molar-refractivity contribution in [2.45, 2.75) is 39.7 Å². The molecule has 0 unspecified atom stereocenters. The van der Waals surface area contributed by atoms with Crippen LogP contribution >= 0.6 is 0 Å². The lowest BCUT2D eigenvalue weighted by Gasteiger charge is -2.22. The first kappa shape index (κ1) is 23.4. The summed E-state index contributed by atoms with van der Waals surface area (Å²) in [5.74, 6) is 1.66. The minimum Gasteiger partial charge on any atom is -0.493 e. The highest BCUT2D eigenvalue weighted by molar-refractivity contribution is 5.73. The normalized spacial score (nSPS) is 10.8. The summed E-state index contributed by atoms with van der Waals surface area (Å²) in [5.41, 5.74) is 2.89. The number of hydrogen-bond acceptors (Lipinski definition) is 5. The summed E-state index contributed by atoms with van der Waals surface area (Å²) < 4.78 is 12.1. The first-order chi connectivity index (χ1) is 13.2. The highest BCUT2D eigenvalue weighted by Gasteiger charge is 2.15. The predicted molar refractivity (Wildman–Crippen MR) is 112 cm³/mol. The molecule has 28 heavy (non-hydrogen) atoms. The maximum Gasteiger partial charge on any atom is 0.290 e. The van der Waals surface area contributed by atoms with E-state index < -0.39 is 0 Å². The second-order valence-electron chi connectivity index (χ2n) is 7.62. The van der Waals surface area contributed by atoms with E-state index in [1.165, 1.54) is 0 Å². The van der Waals surface area contributed by atoms with E-state index in [4.69, 9.17) is 19.4 Å². The Hall–Kier alpha value is -2.60. The predicted octanol–water partition coefficient (Wildman–Crippen LogP) is 4.27. The average Bonchev–Trinajstić information content (AvgIpc) is 2.59. The SMILES string of the molecule is Cc1ncccc1-c1ccc(OC(C)(C)C)cc1OCCCN(C)C.O=CO. The van der Waals surface area contributed by atoms with Gasteiger partial charge in [0.2, 0.25) is 0 Å². The zero-order chi connectivity index (χ0) is 21.2. The van der Waals surface area contributed by atoms with Gasteiger partial charge in [0, 0.05) is 35.6 Å². The number of ether oxygens (including phenoxy) is 2. The molecule has 0 aliphatic carbocycles. The van der Waals surface area contributed by atoms with Gasteiger partial charge in [-0.15, -0.1) is 0 Å². The monoisotopic (exact) mass is 388 g/mol. The van der Waals surface area contributed by atoms with Gasteiger partial charge in [0.25, 0.3) is 6.47 Å². The maximum absolute atomic E-state index is 8.36. The first-order valence-electron chi connectivity index (χ1n) is 9.28. The van der Waals surface area contributed by atoms with Crippen LogP contribution in [0.3, 0.4) is 0 Å². The average molecular weight is 389 g/mol. The maximum atomic E-state index is 8.36. The molecule has 6 heteroatoms. The molecule has 0 fully saturated rings. The fraction of sp³-hybridized carbons (Fsp3) is 0.455. The topological polar surface area (TPSA) is 71.9 Å². The summed E-state index contributed by atoms with van der Waals surface area (Å²) in [5, 5.41) is 6.89. The van der Waals surface area contributed by atoms with Gasteiger partial charge in [0.1, 0.15) is 17.1 Å². The van der Waals surface area contributed by atoms with Crippen LogP contribution in [-0.2, 0) is 4.79 Å². The Morgan fingerprint density at radius 2 is 1.86 bits per heavy atom. The molecule has 0 atom stereocenters. The van der Waals surface area contributed by atoms with Crippen molar-refractivity contribution in [1.29, 1.82) is 0 Å². The van der Waals surface area contributed by atoms with Gasteiger partial charge in [-0.3, -0.25) is 9.78 Å². The number of carbonyl (C=O) groups is 1. The molecule has 1 heterocycles. The van der Waals surface area contributed by atoms with E-state index in [-0.39, 0.29) is 12.1 Å². The number of hydrogen-bond donors (Lipinski definition) is 1. The highest BCUT2D eigenvalue weighted by Crippen LogP contribution is 2.35. The van der Waals surface area contributed by atoms with Gasteiger partial charge in [-0.25, -0.2) is 0 Å². The van der Waals surface area contributed by atoms with Crippen molar-refractivity contribution in [2.75, 3.05) is 27.2 Å². The van der Waals surface area contributed by atoms with Crippen molar-refractivity contribution < 1.29 is 19.4 Å². The van der Waals surface area contributed by atoms with Gasteiger partial charge < -0.3 is 19.5 Å². The number of aromatic nitrogens is 1. The molecule has 1 aromatic carbocycles. The fourth-order valence-electron chi connectivity index (χ4n) is 2.59. The second kappa shape index (κ2) is 11.3. The Bertz CT molecular complexity index is 740. The summed E-state index contributed by atoms with van der Waals surface area (Å²) in [6, 6.07) is 10.1. The molecule has 0 amide bonds. The molecule has 154 valence electrons. The van der Waals surface area contributed by atoms with Gasteiger partial charge in [-0.1, -0.05) is 6.07 Å². The molecule has 0 radical (unpaired) electrons.